The summed E-state index contributed by atoms with van der Waals surface area (Å²) in [5, 5.41) is 22.4. The standard InChI is InChI=1S/C24H33N3O7/c1-5-7-19-10-18(9-16(4)26-19)24-32-27(34-33-24)20-8-15(3)23(17(6-2)11-20)31-14-21(29)12-25-22(30)13-28/h8-11,21,24,28-29H,5-7,12-14H2,1-4H3,(H,25,30)/t21-,24?/m1/s1. The van der Waals surface area contributed by atoms with Gasteiger partial charge >= 0.3 is 0 Å². The molecule has 1 amide bonds. The summed E-state index contributed by atoms with van der Waals surface area (Å²) in [6.45, 7) is 7.26. The molecule has 10 nitrogen and oxygen atoms in total. The monoisotopic (exact) mass is 475 g/mol. The Hall–Kier alpha value is -2.76. The fraction of sp³-hybridized carbons (Fsp3) is 0.500. The molecule has 1 aliphatic heterocycles. The fourth-order valence-corrected chi connectivity index (χ4v) is 3.63. The Morgan fingerprint density at radius 2 is 2.06 bits per heavy atom. The lowest BCUT2D eigenvalue weighted by Gasteiger charge is -2.19. The Labute approximate surface area is 199 Å². The number of ether oxygens (including phenoxy) is 1. The number of aryl methyl sites for hydroxylation is 4. The van der Waals surface area contributed by atoms with E-state index in [1.807, 2.05) is 45.0 Å². The molecule has 1 aromatic heterocycles. The highest BCUT2D eigenvalue weighted by atomic mass is 17.4. The third-order valence-electron chi connectivity index (χ3n) is 5.22. The van der Waals surface area contributed by atoms with Gasteiger partial charge in [-0.25, -0.2) is 4.84 Å². The van der Waals surface area contributed by atoms with Gasteiger partial charge in [-0.3, -0.25) is 9.78 Å². The Kier molecular flexibility index (Phi) is 9.20. The highest BCUT2D eigenvalue weighted by Crippen LogP contribution is 2.36. The number of anilines is 1. The average molecular weight is 476 g/mol. The molecule has 2 aromatic rings. The van der Waals surface area contributed by atoms with E-state index in [1.165, 1.54) is 5.23 Å². The van der Waals surface area contributed by atoms with E-state index in [9.17, 15) is 9.90 Å². The molecule has 10 heteroatoms. The Morgan fingerprint density at radius 1 is 1.26 bits per heavy atom. The molecule has 1 aromatic carbocycles. The second-order valence-electron chi connectivity index (χ2n) is 8.18. The zero-order valence-electron chi connectivity index (χ0n) is 20.0. The van der Waals surface area contributed by atoms with Gasteiger partial charge in [0, 0.05) is 23.5 Å². The van der Waals surface area contributed by atoms with Gasteiger partial charge in [-0.05, 0) is 62.1 Å². The van der Waals surface area contributed by atoms with Crippen molar-refractivity contribution in [3.63, 3.8) is 0 Å². The van der Waals surface area contributed by atoms with Crippen molar-refractivity contribution < 1.29 is 34.5 Å². The van der Waals surface area contributed by atoms with Crippen LogP contribution in [0.25, 0.3) is 0 Å². The topological polar surface area (TPSA) is 123 Å². The largest absolute Gasteiger partial charge is 0.490 e. The van der Waals surface area contributed by atoms with Gasteiger partial charge in [0.15, 0.2) is 0 Å². The summed E-state index contributed by atoms with van der Waals surface area (Å²) < 4.78 is 5.84. The molecule has 186 valence electrons. The molecular weight excluding hydrogens is 442 g/mol. The van der Waals surface area contributed by atoms with Crippen LogP contribution in [0.4, 0.5) is 5.69 Å². The zero-order chi connectivity index (χ0) is 24.7. The van der Waals surface area contributed by atoms with Gasteiger partial charge in [-0.15, -0.1) is 0 Å². The first-order chi connectivity index (χ1) is 16.3. The zero-order valence-corrected chi connectivity index (χ0v) is 20.0. The van der Waals surface area contributed by atoms with E-state index in [1.54, 1.807) is 0 Å². The molecule has 0 aliphatic carbocycles. The third-order valence-corrected chi connectivity index (χ3v) is 5.22. The highest BCUT2D eigenvalue weighted by Gasteiger charge is 2.30. The summed E-state index contributed by atoms with van der Waals surface area (Å²) in [6, 6.07) is 7.57. The number of nitrogens with zero attached hydrogens (tertiary/aromatic N) is 2. The second kappa shape index (κ2) is 12.1. The SMILES string of the molecule is CCCc1cc(C2OON(c3cc(C)c(OC[C@H](O)CNC(=O)CO)c(CC)c3)O2)cc(C)n1. The van der Waals surface area contributed by atoms with Gasteiger partial charge in [-0.2, -0.15) is 4.89 Å². The number of amides is 1. The predicted octanol–water partition coefficient (Wildman–Crippen LogP) is 2.38. The maximum absolute atomic E-state index is 11.1. The van der Waals surface area contributed by atoms with E-state index < -0.39 is 24.9 Å². The predicted molar refractivity (Wildman–Crippen MR) is 124 cm³/mol. The van der Waals surface area contributed by atoms with E-state index in [0.717, 1.165) is 40.9 Å². The molecule has 0 bridgehead atoms. The van der Waals surface area contributed by atoms with Crippen LogP contribution in [-0.4, -0.2) is 47.0 Å². The number of rotatable bonds is 11. The van der Waals surface area contributed by atoms with E-state index >= 15 is 0 Å². The molecule has 1 aliphatic rings. The molecule has 1 unspecified atom stereocenters. The number of nitrogens with one attached hydrogen (secondary N) is 1. The number of carbonyl (C=O) groups is 1. The van der Waals surface area contributed by atoms with E-state index in [2.05, 4.69) is 17.2 Å². The van der Waals surface area contributed by atoms with Crippen LogP contribution in [0.3, 0.4) is 0 Å². The summed E-state index contributed by atoms with van der Waals surface area (Å²) in [7, 11) is 0. The molecule has 3 N–H and O–H groups in total. The van der Waals surface area contributed by atoms with Gasteiger partial charge in [0.05, 0.1) is 5.69 Å². The Bertz CT molecular complexity index is 985. The first-order valence-electron chi connectivity index (χ1n) is 11.4. The highest BCUT2D eigenvalue weighted by molar-refractivity contribution is 5.76. The maximum atomic E-state index is 11.1. The van der Waals surface area contributed by atoms with Gasteiger partial charge in [-0.1, -0.05) is 30.5 Å². The first kappa shape index (κ1) is 25.9. The number of aromatic nitrogens is 1. The maximum Gasteiger partial charge on any atom is 0.247 e. The normalized spacial score (nSPS) is 16.5. The smallest absolute Gasteiger partial charge is 0.247 e. The number of pyridine rings is 1. The minimum atomic E-state index is -0.917. The quantitative estimate of drug-likeness (QED) is 0.420. The third kappa shape index (κ3) is 6.64. The average Bonchev–Trinajstić information content (AvgIpc) is 3.31. The molecular formula is C24H33N3O7. The van der Waals surface area contributed by atoms with Crippen LogP contribution in [-0.2, 0) is 32.3 Å². The van der Waals surface area contributed by atoms with E-state index in [0.29, 0.717) is 17.9 Å². The van der Waals surface area contributed by atoms with Crippen molar-refractivity contribution in [3.8, 4) is 5.75 Å². The molecule has 0 radical (unpaired) electrons. The molecule has 0 spiro atoms. The molecule has 34 heavy (non-hydrogen) atoms. The minimum Gasteiger partial charge on any atom is -0.490 e. The van der Waals surface area contributed by atoms with Gasteiger partial charge < -0.3 is 20.3 Å². The fourth-order valence-electron chi connectivity index (χ4n) is 3.63. The number of aliphatic hydroxyl groups excluding tert-OH is 2. The lowest BCUT2D eigenvalue weighted by atomic mass is 10.1. The Morgan fingerprint density at radius 3 is 2.76 bits per heavy atom. The van der Waals surface area contributed by atoms with Crippen LogP contribution in [0, 0.1) is 13.8 Å². The summed E-state index contributed by atoms with van der Waals surface area (Å²) in [4.78, 5) is 32.4. The van der Waals surface area contributed by atoms with Crippen LogP contribution in [0.1, 0.15) is 54.6 Å². The second-order valence-corrected chi connectivity index (χ2v) is 8.18. The van der Waals surface area contributed by atoms with Crippen molar-refractivity contribution in [3.05, 3.63) is 52.3 Å². The van der Waals surface area contributed by atoms with Crippen molar-refractivity contribution in [2.45, 2.75) is 59.4 Å². The number of hydrogen-bond acceptors (Lipinski definition) is 9. The summed E-state index contributed by atoms with van der Waals surface area (Å²) >= 11 is 0. The lowest BCUT2D eigenvalue weighted by Crippen LogP contribution is -2.36. The molecule has 0 saturated carbocycles. The number of carbonyl (C=O) groups excluding carboxylic acids is 1. The van der Waals surface area contributed by atoms with Crippen LogP contribution < -0.4 is 15.3 Å². The van der Waals surface area contributed by atoms with Crippen LogP contribution >= 0.6 is 0 Å². The van der Waals surface area contributed by atoms with E-state index in [-0.39, 0.29) is 13.2 Å². The van der Waals surface area contributed by atoms with Crippen LogP contribution in [0.2, 0.25) is 0 Å². The summed E-state index contributed by atoms with van der Waals surface area (Å²) in [5.41, 5.74) is 5.04. The van der Waals surface area contributed by atoms with Crippen molar-refractivity contribution in [1.82, 2.24) is 10.3 Å². The molecule has 1 fully saturated rings. The lowest BCUT2D eigenvalue weighted by molar-refractivity contribution is -0.286. The van der Waals surface area contributed by atoms with Crippen molar-refractivity contribution in [1.29, 1.82) is 0 Å². The summed E-state index contributed by atoms with van der Waals surface area (Å²) in [6.07, 6.45) is 0.897. The summed E-state index contributed by atoms with van der Waals surface area (Å²) in [5.74, 6) is 0.0906. The number of benzene rings is 1. The van der Waals surface area contributed by atoms with Crippen molar-refractivity contribution >= 4 is 11.6 Å². The Balaban J connectivity index is 1.68. The number of aliphatic hydroxyl groups is 2. The van der Waals surface area contributed by atoms with Gasteiger partial charge in [0.25, 0.3) is 0 Å². The van der Waals surface area contributed by atoms with Gasteiger partial charge in [0.1, 0.15) is 25.1 Å². The van der Waals surface area contributed by atoms with E-state index in [4.69, 9.17) is 24.6 Å². The minimum absolute atomic E-state index is 0.0116. The number of hydrogen-bond donors (Lipinski definition) is 3. The van der Waals surface area contributed by atoms with Crippen molar-refractivity contribution in [2.24, 2.45) is 0 Å². The molecule has 2 atom stereocenters. The first-order valence-corrected chi connectivity index (χ1v) is 11.4. The molecule has 2 heterocycles. The van der Waals surface area contributed by atoms with Gasteiger partial charge in [0.2, 0.25) is 12.2 Å². The van der Waals surface area contributed by atoms with Crippen LogP contribution in [0.15, 0.2) is 24.3 Å². The van der Waals surface area contributed by atoms with Crippen molar-refractivity contribution in [2.75, 3.05) is 25.0 Å². The molecule has 3 rings (SSSR count). The van der Waals surface area contributed by atoms with Crippen LogP contribution in [0.5, 0.6) is 5.75 Å². The molecule has 1 saturated heterocycles.